The molecule has 0 heterocycles. The minimum Gasteiger partial charge on any atom is -0.444 e. The highest BCUT2D eigenvalue weighted by molar-refractivity contribution is 5.92. The summed E-state index contributed by atoms with van der Waals surface area (Å²) in [4.78, 5) is 25.8. The Hall–Kier alpha value is -1.98. The zero-order valence-corrected chi connectivity index (χ0v) is 20.8. The van der Waals surface area contributed by atoms with E-state index in [1.807, 2.05) is 19.9 Å². The maximum absolute atomic E-state index is 13.8. The van der Waals surface area contributed by atoms with E-state index in [2.05, 4.69) is 24.3 Å². The number of alkyl halides is 2. The number of ketones is 1. The molecule has 1 atom stereocenters. The monoisotopic (exact) mass is 453 g/mol. The van der Waals surface area contributed by atoms with Gasteiger partial charge in [0.15, 0.2) is 0 Å². The van der Waals surface area contributed by atoms with Crippen molar-refractivity contribution in [2.45, 2.75) is 104 Å². The normalized spacial score (nSPS) is 19.9. The van der Waals surface area contributed by atoms with Gasteiger partial charge in [-0.1, -0.05) is 44.2 Å². The average Bonchev–Trinajstić information content (AvgIpc) is 2.74. The number of rotatable bonds is 7. The van der Waals surface area contributed by atoms with Crippen LogP contribution in [0.15, 0.2) is 30.3 Å². The molecule has 1 saturated carbocycles. The first-order chi connectivity index (χ1) is 14.9. The predicted molar refractivity (Wildman–Crippen MR) is 125 cm³/mol. The first kappa shape index (κ1) is 28.1. The van der Waals surface area contributed by atoms with Crippen LogP contribution in [0.5, 0.6) is 0 Å². The van der Waals surface area contributed by atoms with E-state index >= 15 is 0 Å². The van der Waals surface area contributed by atoms with E-state index < -0.39 is 29.4 Å². The molecule has 0 bridgehead atoms. The number of hydrogen-bond donors (Lipinski definition) is 0. The number of halogens is 2. The van der Waals surface area contributed by atoms with Gasteiger partial charge in [0.05, 0.1) is 6.04 Å². The van der Waals surface area contributed by atoms with Crippen molar-refractivity contribution in [2.75, 3.05) is 7.05 Å². The van der Waals surface area contributed by atoms with Gasteiger partial charge in [0, 0.05) is 14.0 Å². The second kappa shape index (κ2) is 12.3. The van der Waals surface area contributed by atoms with Gasteiger partial charge in [-0.2, -0.15) is 8.78 Å². The number of nitrogens with zero attached hydrogens (tertiary/aromatic N) is 1. The summed E-state index contributed by atoms with van der Waals surface area (Å²) in [6.07, 6.45) is 4.22. The number of likely N-dealkylation sites (N-methyl/N-ethyl adjacent to an activating group) is 1. The largest absolute Gasteiger partial charge is 0.444 e. The lowest BCUT2D eigenvalue weighted by molar-refractivity contribution is -0.146. The van der Waals surface area contributed by atoms with Gasteiger partial charge in [-0.25, -0.2) is 4.79 Å². The molecule has 1 unspecified atom stereocenters. The Bertz CT molecular complexity index is 702. The molecule has 182 valence electrons. The molecule has 0 spiro atoms. The maximum Gasteiger partial charge on any atom is 0.410 e. The lowest BCUT2D eigenvalue weighted by Crippen LogP contribution is -2.49. The molecule has 1 aliphatic carbocycles. The van der Waals surface area contributed by atoms with Crippen LogP contribution in [0.3, 0.4) is 0 Å². The van der Waals surface area contributed by atoms with Crippen LogP contribution in [0, 0.1) is 5.92 Å². The Morgan fingerprint density at radius 3 is 2.03 bits per heavy atom. The molecule has 2 rings (SSSR count). The van der Waals surface area contributed by atoms with Gasteiger partial charge < -0.3 is 9.64 Å². The van der Waals surface area contributed by atoms with E-state index in [9.17, 15) is 18.4 Å². The molecule has 32 heavy (non-hydrogen) atoms. The van der Waals surface area contributed by atoms with E-state index in [-0.39, 0.29) is 6.42 Å². The fourth-order valence-corrected chi connectivity index (χ4v) is 4.16. The van der Waals surface area contributed by atoms with E-state index in [1.54, 1.807) is 20.8 Å². The van der Waals surface area contributed by atoms with Crippen molar-refractivity contribution in [3.8, 4) is 0 Å². The number of hydrogen-bond acceptors (Lipinski definition) is 3. The zero-order valence-electron chi connectivity index (χ0n) is 20.8. The highest BCUT2D eigenvalue weighted by Gasteiger charge is 2.42. The molecule has 6 heteroatoms. The fraction of sp³-hybridized carbons (Fsp3) is 0.692. The van der Waals surface area contributed by atoms with Crippen LogP contribution < -0.4 is 0 Å². The lowest BCUT2D eigenvalue weighted by Gasteiger charge is -2.33. The number of carbonyl (C=O) groups excluding carboxylic acids is 2. The second-order valence-electron chi connectivity index (χ2n) is 9.57. The second-order valence-corrected chi connectivity index (χ2v) is 9.57. The summed E-state index contributed by atoms with van der Waals surface area (Å²) in [5.41, 5.74) is 0.586. The summed E-state index contributed by atoms with van der Waals surface area (Å²) in [6.45, 7) is 9.70. The quantitative estimate of drug-likeness (QED) is 0.438. The third kappa shape index (κ3) is 8.87. The number of benzene rings is 1. The molecule has 0 aromatic heterocycles. The highest BCUT2D eigenvalue weighted by Crippen LogP contribution is 2.38. The van der Waals surface area contributed by atoms with E-state index in [0.29, 0.717) is 25.2 Å². The van der Waals surface area contributed by atoms with Crippen LogP contribution >= 0.6 is 0 Å². The minimum atomic E-state index is -3.49. The third-order valence-corrected chi connectivity index (χ3v) is 5.85. The van der Waals surface area contributed by atoms with E-state index in [0.717, 1.165) is 30.6 Å². The summed E-state index contributed by atoms with van der Waals surface area (Å²) in [5, 5.41) is 0. The molecular weight excluding hydrogens is 412 g/mol. The minimum absolute atomic E-state index is 0.221. The van der Waals surface area contributed by atoms with E-state index in [4.69, 9.17) is 4.74 Å². The Morgan fingerprint density at radius 1 is 1.03 bits per heavy atom. The van der Waals surface area contributed by atoms with Gasteiger partial charge in [0.1, 0.15) is 5.60 Å². The molecule has 4 nitrogen and oxygen atoms in total. The maximum atomic E-state index is 13.8. The number of carbonyl (C=O) groups is 2. The Balaban J connectivity index is 0.00000249. The lowest BCUT2D eigenvalue weighted by atomic mass is 9.76. The van der Waals surface area contributed by atoms with Crippen LogP contribution in [0.2, 0.25) is 0 Å². The standard InChI is InChI=1S/C24H35F2NO3.C2H6/c1-23(2,3)30-22(29)27(5)20(21(28)24(4,25)26)16-13-17-11-14-19(15-12-17)18-9-7-6-8-10-18;1-2/h6-10,17,19-20H,11-16H2,1-5H3;1-2H3. The molecule has 0 saturated heterocycles. The van der Waals surface area contributed by atoms with Crippen LogP contribution in [-0.2, 0) is 9.53 Å². The average molecular weight is 454 g/mol. The number of Topliss-reactive ketones (excluding diaryl/α,β-unsaturated/α-hetero) is 1. The van der Waals surface area contributed by atoms with Crippen LogP contribution in [-0.4, -0.2) is 41.4 Å². The third-order valence-electron chi connectivity index (χ3n) is 5.85. The van der Waals surface area contributed by atoms with Gasteiger partial charge in [-0.05, 0) is 76.7 Å². The SMILES string of the molecule is CC.CN(C(=O)OC(C)(C)C)C(CCC1CCC(c2ccccc2)CC1)C(=O)C(C)(F)F. The molecular formula is C26H41F2NO3. The van der Waals surface area contributed by atoms with Gasteiger partial charge in [-0.3, -0.25) is 4.79 Å². The molecule has 0 aliphatic heterocycles. The van der Waals surface area contributed by atoms with Gasteiger partial charge in [-0.15, -0.1) is 0 Å². The van der Waals surface area contributed by atoms with Crippen molar-refractivity contribution in [1.29, 1.82) is 0 Å². The van der Waals surface area contributed by atoms with Crippen molar-refractivity contribution in [3.05, 3.63) is 35.9 Å². The van der Waals surface area contributed by atoms with Crippen molar-refractivity contribution in [1.82, 2.24) is 4.90 Å². The summed E-state index contributed by atoms with van der Waals surface area (Å²) in [6, 6.07) is 9.23. The summed E-state index contributed by atoms with van der Waals surface area (Å²) in [7, 11) is 1.37. The first-order valence-corrected chi connectivity index (χ1v) is 11.8. The molecule has 1 fully saturated rings. The van der Waals surface area contributed by atoms with Crippen LogP contribution in [0.25, 0.3) is 0 Å². The van der Waals surface area contributed by atoms with Crippen molar-refractivity contribution in [3.63, 3.8) is 0 Å². The summed E-state index contributed by atoms with van der Waals surface area (Å²) >= 11 is 0. The summed E-state index contributed by atoms with van der Waals surface area (Å²) < 4.78 is 32.9. The number of ether oxygens (including phenoxy) is 1. The first-order valence-electron chi connectivity index (χ1n) is 11.8. The zero-order chi connectivity index (χ0) is 24.5. The Morgan fingerprint density at radius 2 is 1.56 bits per heavy atom. The van der Waals surface area contributed by atoms with Gasteiger partial charge in [0.2, 0.25) is 5.78 Å². The van der Waals surface area contributed by atoms with Crippen molar-refractivity contribution in [2.24, 2.45) is 5.92 Å². The molecule has 1 aromatic carbocycles. The summed E-state index contributed by atoms with van der Waals surface area (Å²) in [5.74, 6) is -3.82. The van der Waals surface area contributed by atoms with Crippen molar-refractivity contribution >= 4 is 11.9 Å². The molecule has 1 aliphatic rings. The van der Waals surface area contributed by atoms with E-state index in [1.165, 1.54) is 12.6 Å². The van der Waals surface area contributed by atoms with Crippen molar-refractivity contribution < 1.29 is 23.1 Å². The highest BCUT2D eigenvalue weighted by atomic mass is 19.3. The molecule has 0 radical (unpaired) electrons. The van der Waals surface area contributed by atoms with Gasteiger partial charge >= 0.3 is 12.0 Å². The predicted octanol–water partition coefficient (Wildman–Crippen LogP) is 7.23. The molecule has 1 aromatic rings. The Kier molecular flexibility index (Phi) is 10.8. The molecule has 1 amide bonds. The molecule has 0 N–H and O–H groups in total. The number of amides is 1. The topological polar surface area (TPSA) is 46.6 Å². The smallest absolute Gasteiger partial charge is 0.410 e. The van der Waals surface area contributed by atoms with Crippen LogP contribution in [0.4, 0.5) is 13.6 Å². The fourth-order valence-electron chi connectivity index (χ4n) is 4.16. The Labute approximate surface area is 192 Å². The van der Waals surface area contributed by atoms with Crippen LogP contribution in [0.1, 0.15) is 91.5 Å². The van der Waals surface area contributed by atoms with Gasteiger partial charge in [0.25, 0.3) is 0 Å².